The summed E-state index contributed by atoms with van der Waals surface area (Å²) >= 11 is 12.1. The van der Waals surface area contributed by atoms with Gasteiger partial charge in [-0.2, -0.15) is 0 Å². The van der Waals surface area contributed by atoms with E-state index < -0.39 is 0 Å². The van der Waals surface area contributed by atoms with Gasteiger partial charge in [-0.1, -0.05) is 40.9 Å². The Kier molecular flexibility index (Phi) is 3.98. The zero-order valence-electron chi connectivity index (χ0n) is 12.7. The van der Waals surface area contributed by atoms with Crippen LogP contribution in [0.15, 0.2) is 47.1 Å². The number of aromatic nitrogens is 1. The predicted molar refractivity (Wildman–Crippen MR) is 94.9 cm³/mol. The van der Waals surface area contributed by atoms with Crippen molar-refractivity contribution in [1.82, 2.24) is 4.98 Å². The summed E-state index contributed by atoms with van der Waals surface area (Å²) in [6.45, 7) is 6.33. The van der Waals surface area contributed by atoms with Gasteiger partial charge in [0.2, 0.25) is 0 Å². The first kappa shape index (κ1) is 15.1. The second kappa shape index (κ2) is 5.79. The number of nitrogens with one attached hydrogen (secondary N) is 1. The van der Waals surface area contributed by atoms with E-state index in [4.69, 9.17) is 23.2 Å². The third-order valence-electron chi connectivity index (χ3n) is 3.71. The Hall–Kier alpha value is -1.77. The summed E-state index contributed by atoms with van der Waals surface area (Å²) < 4.78 is 0. The summed E-state index contributed by atoms with van der Waals surface area (Å²) in [6.07, 6.45) is 3.74. The lowest BCUT2D eigenvalue weighted by molar-refractivity contribution is 1.25. The Morgan fingerprint density at radius 1 is 1.00 bits per heavy atom. The highest BCUT2D eigenvalue weighted by Gasteiger charge is 2.18. The average molecular weight is 331 g/mol. The summed E-state index contributed by atoms with van der Waals surface area (Å²) in [4.78, 5) is 7.64. The maximum absolute atomic E-state index is 6.07. The predicted octanol–water partition coefficient (Wildman–Crippen LogP) is 5.56. The minimum absolute atomic E-state index is 0.493. The van der Waals surface area contributed by atoms with Crippen molar-refractivity contribution >= 4 is 33.9 Å². The van der Waals surface area contributed by atoms with Crippen molar-refractivity contribution in [3.8, 4) is 0 Å². The maximum atomic E-state index is 6.07. The number of aliphatic imine (C=N–C) groups is 1. The first-order valence-electron chi connectivity index (χ1n) is 7.05. The van der Waals surface area contributed by atoms with Crippen LogP contribution in [0.1, 0.15) is 27.9 Å². The summed E-state index contributed by atoms with van der Waals surface area (Å²) in [5.41, 5.74) is 7.63. The van der Waals surface area contributed by atoms with Gasteiger partial charge >= 0.3 is 0 Å². The molecule has 0 saturated carbocycles. The Labute approximate surface area is 140 Å². The molecule has 1 N–H and O–H groups in total. The van der Waals surface area contributed by atoms with E-state index in [-0.39, 0.29) is 0 Å². The van der Waals surface area contributed by atoms with Gasteiger partial charge in [-0.05, 0) is 61.7 Å². The molecule has 0 amide bonds. The van der Waals surface area contributed by atoms with Crippen LogP contribution in [-0.2, 0) is 0 Å². The second-order valence-electron chi connectivity index (χ2n) is 5.52. The summed E-state index contributed by atoms with van der Waals surface area (Å²) in [7, 11) is 0. The molecular weight excluding hydrogens is 315 g/mol. The highest BCUT2D eigenvalue weighted by atomic mass is 35.5. The molecule has 0 fully saturated rings. The van der Waals surface area contributed by atoms with E-state index in [1.165, 1.54) is 22.3 Å². The molecule has 1 aromatic carbocycles. The van der Waals surface area contributed by atoms with Gasteiger partial charge < -0.3 is 4.98 Å². The van der Waals surface area contributed by atoms with Gasteiger partial charge in [0, 0.05) is 11.3 Å². The summed E-state index contributed by atoms with van der Waals surface area (Å²) in [6, 6.07) is 8.17. The largest absolute Gasteiger partial charge is 0.346 e. The molecule has 0 aliphatic carbocycles. The maximum Gasteiger partial charge on any atom is 0.129 e. The van der Waals surface area contributed by atoms with Crippen molar-refractivity contribution in [2.24, 2.45) is 4.99 Å². The number of nitrogens with zero attached hydrogens (tertiary/aromatic N) is 1. The molecule has 0 saturated heterocycles. The number of halogens is 2. The Bertz CT molecular complexity index is 816. The van der Waals surface area contributed by atoms with E-state index in [0.717, 1.165) is 17.0 Å². The van der Waals surface area contributed by atoms with E-state index >= 15 is 0 Å². The minimum atomic E-state index is 0.493. The van der Waals surface area contributed by atoms with Crippen LogP contribution < -0.4 is 0 Å². The molecule has 22 heavy (non-hydrogen) atoms. The zero-order chi connectivity index (χ0) is 15.9. The van der Waals surface area contributed by atoms with Crippen molar-refractivity contribution in [1.29, 1.82) is 0 Å². The van der Waals surface area contributed by atoms with Crippen molar-refractivity contribution < 1.29 is 0 Å². The van der Waals surface area contributed by atoms with E-state index in [1.807, 2.05) is 18.2 Å². The third-order valence-corrected chi connectivity index (χ3v) is 4.14. The van der Waals surface area contributed by atoms with E-state index in [2.05, 4.69) is 42.9 Å². The minimum Gasteiger partial charge on any atom is -0.346 e. The van der Waals surface area contributed by atoms with Gasteiger partial charge in [-0.3, -0.25) is 0 Å². The number of hydrogen-bond donors (Lipinski definition) is 1. The number of aromatic amines is 1. The van der Waals surface area contributed by atoms with Crippen molar-refractivity contribution in [2.75, 3.05) is 0 Å². The summed E-state index contributed by atoms with van der Waals surface area (Å²) in [5.74, 6) is 0. The smallest absolute Gasteiger partial charge is 0.129 e. The fourth-order valence-electron chi connectivity index (χ4n) is 2.97. The van der Waals surface area contributed by atoms with Gasteiger partial charge in [-0.25, -0.2) is 4.99 Å². The first-order valence-corrected chi connectivity index (χ1v) is 7.81. The van der Waals surface area contributed by atoms with Gasteiger partial charge in [-0.15, -0.1) is 0 Å². The molecule has 2 heterocycles. The standard InChI is InChI=1S/C18H16Cl2N2/c1-10-8-11(2)17(12(3)9-10)18(13-4-6-15(19)21-13)14-5-7-16(20)22-14/h4-9,21H,1-3H3/b18-14-. The van der Waals surface area contributed by atoms with Crippen LogP contribution in [0.25, 0.3) is 5.57 Å². The molecular formula is C18H16Cl2N2. The molecule has 2 nitrogen and oxygen atoms in total. The van der Waals surface area contributed by atoms with E-state index in [0.29, 0.717) is 10.3 Å². The van der Waals surface area contributed by atoms with Crippen molar-refractivity contribution in [2.45, 2.75) is 20.8 Å². The first-order chi connectivity index (χ1) is 10.5. The molecule has 0 radical (unpaired) electrons. The van der Waals surface area contributed by atoms with Gasteiger partial charge in [0.15, 0.2) is 0 Å². The van der Waals surface area contributed by atoms with Crippen molar-refractivity contribution in [3.63, 3.8) is 0 Å². The molecule has 2 aromatic rings. The van der Waals surface area contributed by atoms with Crippen LogP contribution in [-0.4, -0.2) is 10.2 Å². The Balaban J connectivity index is 2.31. The highest BCUT2D eigenvalue weighted by Crippen LogP contribution is 2.35. The third kappa shape index (κ3) is 2.77. The molecule has 1 aliphatic rings. The average Bonchev–Trinajstić information content (AvgIpc) is 3.02. The lowest BCUT2D eigenvalue weighted by Crippen LogP contribution is -1.99. The lowest BCUT2D eigenvalue weighted by atomic mass is 9.91. The van der Waals surface area contributed by atoms with Crippen LogP contribution in [0.3, 0.4) is 0 Å². The van der Waals surface area contributed by atoms with E-state index in [1.54, 1.807) is 6.08 Å². The Morgan fingerprint density at radius 2 is 1.68 bits per heavy atom. The van der Waals surface area contributed by atoms with Gasteiger partial charge in [0.25, 0.3) is 0 Å². The molecule has 0 unspecified atom stereocenters. The molecule has 0 spiro atoms. The van der Waals surface area contributed by atoms with Crippen LogP contribution in [0, 0.1) is 20.8 Å². The second-order valence-corrected chi connectivity index (χ2v) is 6.32. The summed E-state index contributed by atoms with van der Waals surface area (Å²) in [5, 5.41) is 1.10. The van der Waals surface area contributed by atoms with Crippen LogP contribution in [0.2, 0.25) is 5.15 Å². The number of hydrogen-bond acceptors (Lipinski definition) is 1. The van der Waals surface area contributed by atoms with Gasteiger partial charge in [0.1, 0.15) is 10.3 Å². The lowest BCUT2D eigenvalue weighted by Gasteiger charge is -2.15. The fourth-order valence-corrected chi connectivity index (χ4v) is 3.28. The SMILES string of the molecule is Cc1cc(C)c(/C(=C2/C=CC(Cl)=N2)c2ccc(Cl)[nH]2)c(C)c1. The highest BCUT2D eigenvalue weighted by molar-refractivity contribution is 6.69. The quantitative estimate of drug-likeness (QED) is 0.746. The molecule has 3 rings (SSSR count). The zero-order valence-corrected chi connectivity index (χ0v) is 14.2. The van der Waals surface area contributed by atoms with Gasteiger partial charge in [0.05, 0.1) is 5.70 Å². The number of aryl methyl sites for hydroxylation is 3. The molecule has 112 valence electrons. The van der Waals surface area contributed by atoms with Crippen LogP contribution >= 0.6 is 23.2 Å². The van der Waals surface area contributed by atoms with Crippen molar-refractivity contribution in [3.05, 3.63) is 75.2 Å². The normalized spacial score (nSPS) is 16.1. The molecule has 1 aromatic heterocycles. The monoisotopic (exact) mass is 330 g/mol. The molecule has 0 bridgehead atoms. The number of benzene rings is 1. The van der Waals surface area contributed by atoms with Crippen LogP contribution in [0.5, 0.6) is 0 Å². The molecule has 4 heteroatoms. The molecule has 1 aliphatic heterocycles. The Morgan fingerprint density at radius 3 is 2.18 bits per heavy atom. The number of H-pyrrole nitrogens is 1. The number of allylic oxidation sites excluding steroid dienone is 2. The fraction of sp³-hybridized carbons (Fsp3) is 0.167. The van der Waals surface area contributed by atoms with E-state index in [9.17, 15) is 0 Å². The number of rotatable bonds is 2. The molecule has 0 atom stereocenters. The topological polar surface area (TPSA) is 28.1 Å². The van der Waals surface area contributed by atoms with Crippen LogP contribution in [0.4, 0.5) is 0 Å².